The van der Waals surface area contributed by atoms with Crippen LogP contribution < -0.4 is 40.9 Å². The molecule has 0 radical (unpaired) electrons. The second-order valence-electron chi connectivity index (χ2n) is 18.4. The smallest absolute Gasteiger partial charge is 0.258 e. The van der Waals surface area contributed by atoms with Gasteiger partial charge < -0.3 is 40.9 Å². The highest BCUT2D eigenvalue weighted by Crippen LogP contribution is 2.38. The van der Waals surface area contributed by atoms with Crippen LogP contribution in [0.3, 0.4) is 0 Å². The van der Waals surface area contributed by atoms with Crippen molar-refractivity contribution < 1.29 is 28.8 Å². The molecule has 2 heterocycles. The van der Waals surface area contributed by atoms with Gasteiger partial charge in [0.2, 0.25) is 11.8 Å². The van der Waals surface area contributed by atoms with Crippen LogP contribution in [-0.2, 0) is 32.3 Å². The Morgan fingerprint density at radius 1 is 0.542 bits per heavy atom. The number of aryl methyl sites for hydroxylation is 2. The van der Waals surface area contributed by atoms with Gasteiger partial charge in [-0.3, -0.25) is 28.8 Å². The lowest BCUT2D eigenvalue weighted by atomic mass is 9.99. The second-order valence-corrected chi connectivity index (χ2v) is 18.4. The molecule has 0 aliphatic carbocycles. The van der Waals surface area contributed by atoms with Crippen molar-refractivity contribution >= 4 is 79.7 Å². The van der Waals surface area contributed by atoms with Gasteiger partial charge in [-0.05, 0) is 127 Å². The Kier molecular flexibility index (Phi) is 14.3. The van der Waals surface area contributed by atoms with Crippen LogP contribution in [0.1, 0.15) is 56.3 Å². The van der Waals surface area contributed by atoms with Crippen LogP contribution in [0, 0.1) is 13.8 Å². The molecule has 0 spiro atoms. The quantitative estimate of drug-likeness (QED) is 0.0945. The van der Waals surface area contributed by atoms with Crippen molar-refractivity contribution in [1.82, 2.24) is 21.3 Å². The molecule has 0 saturated heterocycles. The van der Waals surface area contributed by atoms with Crippen molar-refractivity contribution in [1.29, 1.82) is 0 Å². The summed E-state index contributed by atoms with van der Waals surface area (Å²) in [6, 6.07) is 42.0. The number of nitrogens with one attached hydrogen (secondary N) is 4. The lowest BCUT2D eigenvalue weighted by Gasteiger charge is -2.27. The third-order valence-electron chi connectivity index (χ3n) is 13.9. The van der Waals surface area contributed by atoms with Crippen LogP contribution in [0.2, 0.25) is 0 Å². The fourth-order valence-corrected chi connectivity index (χ4v) is 9.72. The van der Waals surface area contributed by atoms with E-state index in [0.717, 1.165) is 43.8 Å². The average Bonchev–Trinajstić information content (AvgIpc) is 3.59. The summed E-state index contributed by atoms with van der Waals surface area (Å²) < 4.78 is 0. The van der Waals surface area contributed by atoms with Crippen LogP contribution >= 0.6 is 0 Å². The number of rotatable bonds is 13. The van der Waals surface area contributed by atoms with E-state index >= 15 is 0 Å². The largest absolute Gasteiger partial charge is 0.343 e. The van der Waals surface area contributed by atoms with Gasteiger partial charge in [-0.15, -0.1) is 0 Å². The Labute approximate surface area is 419 Å². The van der Waals surface area contributed by atoms with Crippen molar-refractivity contribution in [2.24, 2.45) is 0 Å². The summed E-state index contributed by atoms with van der Waals surface area (Å²) >= 11 is 0. The molecular weight excluding hydrogens is 905 g/mol. The molecule has 366 valence electrons. The Morgan fingerprint density at radius 2 is 0.958 bits per heavy atom. The molecule has 0 saturated carbocycles. The van der Waals surface area contributed by atoms with E-state index in [9.17, 15) is 28.8 Å². The number of carbonyl (C=O) groups excluding carboxylic acids is 6. The maximum Gasteiger partial charge on any atom is 0.258 e. The first-order chi connectivity index (χ1) is 34.9. The number of benzene rings is 7. The molecule has 9 rings (SSSR count). The number of amides is 6. The Morgan fingerprint density at radius 3 is 1.40 bits per heavy atom. The van der Waals surface area contributed by atoms with Crippen LogP contribution in [0.15, 0.2) is 146 Å². The first kappa shape index (κ1) is 48.8. The molecule has 0 bridgehead atoms. The van der Waals surface area contributed by atoms with Crippen molar-refractivity contribution in [3.63, 3.8) is 0 Å². The van der Waals surface area contributed by atoms with Crippen LogP contribution in [0.25, 0.3) is 21.5 Å². The normalized spacial score (nSPS) is 16.2. The van der Waals surface area contributed by atoms with Crippen molar-refractivity contribution in [3.8, 4) is 0 Å². The zero-order valence-electron chi connectivity index (χ0n) is 41.1. The zero-order valence-corrected chi connectivity index (χ0v) is 41.1. The zero-order chi connectivity index (χ0) is 50.6. The Bertz CT molecular complexity index is 3250. The molecule has 2 aliphatic rings. The minimum Gasteiger partial charge on any atom is -0.343 e. The Balaban J connectivity index is 1.06. The van der Waals surface area contributed by atoms with E-state index in [0.29, 0.717) is 29.3 Å². The van der Waals surface area contributed by atoms with Gasteiger partial charge in [0, 0.05) is 24.1 Å². The van der Waals surface area contributed by atoms with E-state index in [4.69, 9.17) is 0 Å². The number of carbonyl (C=O) groups is 6. The molecule has 14 heteroatoms. The number of likely N-dealkylation sites (N-methyl/N-ethyl adjacent to an activating group) is 1. The summed E-state index contributed by atoms with van der Waals surface area (Å²) in [4.78, 5) is 92.9. The number of hydrogen-bond donors (Lipinski definition) is 4. The summed E-state index contributed by atoms with van der Waals surface area (Å²) in [6.45, 7) is 6.15. The molecule has 72 heavy (non-hydrogen) atoms. The molecule has 0 aromatic heterocycles. The molecule has 0 fully saturated rings. The number of nitrogens with zero attached hydrogens (tertiary/aromatic N) is 4. The lowest BCUT2D eigenvalue weighted by molar-refractivity contribution is -0.128. The van der Waals surface area contributed by atoms with Crippen molar-refractivity contribution in [2.45, 2.75) is 58.4 Å². The summed E-state index contributed by atoms with van der Waals surface area (Å²) in [5, 5.41) is 15.8. The van der Waals surface area contributed by atoms with Crippen LogP contribution in [-0.4, -0.2) is 87.3 Å². The van der Waals surface area contributed by atoms with E-state index in [-0.39, 0.29) is 61.4 Å². The van der Waals surface area contributed by atoms with Crippen molar-refractivity contribution in [2.75, 3.05) is 53.3 Å². The van der Waals surface area contributed by atoms with Gasteiger partial charge in [0.15, 0.2) is 0 Å². The van der Waals surface area contributed by atoms with Gasteiger partial charge in [0.25, 0.3) is 23.6 Å². The maximum absolute atomic E-state index is 15.0. The summed E-state index contributed by atoms with van der Waals surface area (Å²) in [5.74, 6) is -2.37. The fraction of sp³-hybridized carbons (Fsp3) is 0.241. The number of hydrogen-bond acceptors (Lipinski definition) is 8. The highest BCUT2D eigenvalue weighted by molar-refractivity contribution is 6.15. The third kappa shape index (κ3) is 9.66. The van der Waals surface area contributed by atoms with Gasteiger partial charge in [0.1, 0.15) is 12.1 Å². The van der Waals surface area contributed by atoms with Crippen LogP contribution in [0.5, 0.6) is 0 Å². The predicted octanol–water partition coefficient (Wildman–Crippen LogP) is 7.18. The number of anilines is 4. The first-order valence-electron chi connectivity index (χ1n) is 24.3. The third-order valence-corrected chi connectivity index (χ3v) is 13.9. The highest BCUT2D eigenvalue weighted by Gasteiger charge is 2.40. The second kappa shape index (κ2) is 21.0. The standard InChI is InChI=1S/C58H58N8O6/c1-36-22-24-39-14-6-8-16-43(39)45(36)32-63-49-18-10-12-20-51(49)65(34-47(57(63)71)61-53(67)30-31-59-4)55(69)41-26-28-42(29-27-41)56(70)66-35-48(62-54(68)38(3)60-5)58(72)64(50-19-11-13-21-52(50)66)33-46-37(2)23-25-40-15-7-9-17-44(40)46/h6-29,38,47-48,59-60H,30-35H2,1-5H3,(H,61,67)(H,62,68). The van der Waals surface area contributed by atoms with Crippen LogP contribution in [0.4, 0.5) is 22.7 Å². The monoisotopic (exact) mass is 962 g/mol. The maximum atomic E-state index is 15.0. The van der Waals surface area contributed by atoms with E-state index in [1.807, 2.05) is 105 Å². The van der Waals surface area contributed by atoms with Gasteiger partial charge in [0.05, 0.1) is 55.0 Å². The number of para-hydroxylation sites is 4. The fourth-order valence-electron chi connectivity index (χ4n) is 9.72. The molecule has 6 amide bonds. The van der Waals surface area contributed by atoms with Gasteiger partial charge >= 0.3 is 0 Å². The minimum absolute atomic E-state index is 0.124. The molecule has 4 N–H and O–H groups in total. The molecule has 14 nitrogen and oxygen atoms in total. The molecule has 3 atom stereocenters. The van der Waals surface area contributed by atoms with Gasteiger partial charge in [-0.1, -0.05) is 97.1 Å². The predicted molar refractivity (Wildman–Crippen MR) is 283 cm³/mol. The molecule has 7 aromatic carbocycles. The summed E-state index contributed by atoms with van der Waals surface area (Å²) in [7, 11) is 3.40. The molecule has 2 aliphatic heterocycles. The number of fused-ring (bicyclic) bond motifs is 4. The summed E-state index contributed by atoms with van der Waals surface area (Å²) in [6.07, 6.45) is 0.124. The van der Waals surface area contributed by atoms with E-state index in [1.165, 1.54) is 9.80 Å². The molecule has 7 aromatic rings. The van der Waals surface area contributed by atoms with Gasteiger partial charge in [-0.25, -0.2) is 0 Å². The minimum atomic E-state index is -1.12. The van der Waals surface area contributed by atoms with Gasteiger partial charge in [-0.2, -0.15) is 0 Å². The molecule has 3 unspecified atom stereocenters. The SMILES string of the molecule is CNCCC(=O)NC1CN(C(=O)c2ccc(C(=O)N3CC(NC(=O)C(C)NC)C(=O)N(Cc4c(C)ccc5ccccc45)c4ccccc43)cc2)c2ccccc2N(Cc2c(C)ccc3ccccc23)C1=O. The Hall–Kier alpha value is -8.20. The topological polar surface area (TPSA) is 164 Å². The highest BCUT2D eigenvalue weighted by atomic mass is 16.2. The lowest BCUT2D eigenvalue weighted by Crippen LogP contribution is -2.55. The summed E-state index contributed by atoms with van der Waals surface area (Å²) in [5.41, 5.74) is 6.31. The van der Waals surface area contributed by atoms with E-state index in [1.54, 1.807) is 79.3 Å². The van der Waals surface area contributed by atoms with E-state index < -0.39 is 35.8 Å². The molecular formula is C58H58N8O6. The van der Waals surface area contributed by atoms with E-state index in [2.05, 4.69) is 27.3 Å². The van der Waals surface area contributed by atoms with Crippen molar-refractivity contribution in [3.05, 3.63) is 179 Å². The average molecular weight is 963 g/mol. The first-order valence-corrected chi connectivity index (χ1v) is 24.3.